The molecular formula is C14H31NO. The molecule has 0 saturated carbocycles. The molecule has 0 aromatic heterocycles. The van der Waals surface area contributed by atoms with E-state index < -0.39 is 0 Å². The Balaban J connectivity index is 4.82. The van der Waals surface area contributed by atoms with E-state index in [9.17, 15) is 0 Å². The normalized spacial score (nSPS) is 16.1. The van der Waals surface area contributed by atoms with Crippen LogP contribution in [0.3, 0.4) is 0 Å². The van der Waals surface area contributed by atoms with Gasteiger partial charge in [-0.1, -0.05) is 41.0 Å². The maximum absolute atomic E-state index is 5.86. The van der Waals surface area contributed by atoms with Crippen LogP contribution in [0.4, 0.5) is 0 Å². The predicted molar refractivity (Wildman–Crippen MR) is 71.9 cm³/mol. The van der Waals surface area contributed by atoms with Crippen LogP contribution in [0.1, 0.15) is 60.3 Å². The van der Waals surface area contributed by atoms with Crippen molar-refractivity contribution in [3.05, 3.63) is 0 Å². The maximum atomic E-state index is 5.86. The highest BCUT2D eigenvalue weighted by Crippen LogP contribution is 2.30. The smallest absolute Gasteiger partial charge is 0.0828 e. The van der Waals surface area contributed by atoms with Gasteiger partial charge in [-0.15, -0.1) is 0 Å². The average Bonchev–Trinajstić information content (AvgIpc) is 2.31. The van der Waals surface area contributed by atoms with E-state index in [4.69, 9.17) is 4.74 Å². The molecule has 0 amide bonds. The van der Waals surface area contributed by atoms with Gasteiger partial charge in [0, 0.05) is 13.2 Å². The molecule has 0 fully saturated rings. The van der Waals surface area contributed by atoms with E-state index in [0.717, 1.165) is 19.4 Å². The zero-order chi connectivity index (χ0) is 12.6. The van der Waals surface area contributed by atoms with Crippen molar-refractivity contribution < 1.29 is 4.74 Å². The van der Waals surface area contributed by atoms with Gasteiger partial charge in [0.2, 0.25) is 0 Å². The minimum atomic E-state index is 0.00456. The Kier molecular flexibility index (Phi) is 8.04. The Morgan fingerprint density at radius 1 is 1.12 bits per heavy atom. The first-order chi connectivity index (χ1) is 7.61. The van der Waals surface area contributed by atoms with E-state index in [-0.39, 0.29) is 5.60 Å². The summed E-state index contributed by atoms with van der Waals surface area (Å²) in [7, 11) is 1.86. The Bertz CT molecular complexity index is 158. The summed E-state index contributed by atoms with van der Waals surface area (Å²) in [6.45, 7) is 12.3. The van der Waals surface area contributed by atoms with Gasteiger partial charge in [-0.25, -0.2) is 0 Å². The minimum absolute atomic E-state index is 0.00456. The van der Waals surface area contributed by atoms with Crippen LogP contribution in [0.15, 0.2) is 0 Å². The van der Waals surface area contributed by atoms with Crippen molar-refractivity contribution in [2.45, 2.75) is 71.9 Å². The summed E-state index contributed by atoms with van der Waals surface area (Å²) in [5, 5.41) is 3.64. The molecule has 2 atom stereocenters. The monoisotopic (exact) mass is 229 g/mol. The van der Waals surface area contributed by atoms with Crippen molar-refractivity contribution in [2.24, 2.45) is 5.92 Å². The van der Waals surface area contributed by atoms with E-state index in [2.05, 4.69) is 39.9 Å². The second kappa shape index (κ2) is 8.08. The number of hydrogen-bond donors (Lipinski definition) is 1. The number of likely N-dealkylation sites (N-methyl/N-ethyl adjacent to an activating group) is 1. The summed E-state index contributed by atoms with van der Waals surface area (Å²) < 4.78 is 5.86. The van der Waals surface area contributed by atoms with Crippen molar-refractivity contribution >= 4 is 0 Å². The third-order valence-electron chi connectivity index (χ3n) is 3.91. The highest BCUT2D eigenvalue weighted by Gasteiger charge is 2.38. The SMILES string of the molecule is CCCC(C)C(NCC)C(CC)(CC)OC. The van der Waals surface area contributed by atoms with E-state index in [1.54, 1.807) is 0 Å². The molecule has 0 rings (SSSR count). The molecule has 0 spiro atoms. The zero-order valence-corrected chi connectivity index (χ0v) is 12.1. The molecule has 2 nitrogen and oxygen atoms in total. The molecule has 0 aliphatic rings. The molecule has 1 N–H and O–H groups in total. The lowest BCUT2D eigenvalue weighted by molar-refractivity contribution is -0.0615. The van der Waals surface area contributed by atoms with Gasteiger partial charge in [-0.2, -0.15) is 0 Å². The molecule has 0 radical (unpaired) electrons. The van der Waals surface area contributed by atoms with Crippen molar-refractivity contribution in [1.82, 2.24) is 5.32 Å². The van der Waals surface area contributed by atoms with Crippen LogP contribution in [0.5, 0.6) is 0 Å². The first-order valence-electron chi connectivity index (χ1n) is 6.90. The van der Waals surface area contributed by atoms with Crippen LogP contribution in [-0.4, -0.2) is 25.3 Å². The fourth-order valence-corrected chi connectivity index (χ4v) is 2.85. The summed E-state index contributed by atoms with van der Waals surface area (Å²) >= 11 is 0. The maximum Gasteiger partial charge on any atom is 0.0828 e. The number of rotatable bonds is 9. The number of methoxy groups -OCH3 is 1. The summed E-state index contributed by atoms with van der Waals surface area (Å²) in [6, 6.07) is 0.470. The molecule has 0 aromatic rings. The average molecular weight is 229 g/mol. The fraction of sp³-hybridized carbons (Fsp3) is 1.00. The molecule has 0 bridgehead atoms. The highest BCUT2D eigenvalue weighted by molar-refractivity contribution is 4.94. The third kappa shape index (κ3) is 3.74. The van der Waals surface area contributed by atoms with Crippen molar-refractivity contribution in [2.75, 3.05) is 13.7 Å². The molecule has 0 saturated heterocycles. The molecule has 0 aliphatic heterocycles. The zero-order valence-electron chi connectivity index (χ0n) is 12.1. The van der Waals surface area contributed by atoms with Gasteiger partial charge >= 0.3 is 0 Å². The van der Waals surface area contributed by atoms with Crippen LogP contribution < -0.4 is 5.32 Å². The molecular weight excluding hydrogens is 198 g/mol. The Morgan fingerprint density at radius 2 is 1.69 bits per heavy atom. The lowest BCUT2D eigenvalue weighted by atomic mass is 9.79. The lowest BCUT2D eigenvalue weighted by Gasteiger charge is -2.42. The van der Waals surface area contributed by atoms with Gasteiger partial charge in [0.1, 0.15) is 0 Å². The number of hydrogen-bond acceptors (Lipinski definition) is 2. The summed E-state index contributed by atoms with van der Waals surface area (Å²) in [5.74, 6) is 0.671. The van der Waals surface area contributed by atoms with E-state index >= 15 is 0 Å². The molecule has 0 aromatic carbocycles. The van der Waals surface area contributed by atoms with Crippen LogP contribution >= 0.6 is 0 Å². The van der Waals surface area contributed by atoms with Crippen molar-refractivity contribution in [3.63, 3.8) is 0 Å². The van der Waals surface area contributed by atoms with Crippen LogP contribution in [0.2, 0.25) is 0 Å². The largest absolute Gasteiger partial charge is 0.377 e. The first kappa shape index (κ1) is 15.9. The third-order valence-corrected chi connectivity index (χ3v) is 3.91. The van der Waals surface area contributed by atoms with E-state index in [1.807, 2.05) is 7.11 Å². The second-order valence-corrected chi connectivity index (χ2v) is 4.78. The van der Waals surface area contributed by atoms with Gasteiger partial charge in [-0.05, 0) is 31.7 Å². The molecule has 98 valence electrons. The topological polar surface area (TPSA) is 21.3 Å². The summed E-state index contributed by atoms with van der Waals surface area (Å²) in [5.41, 5.74) is 0.00456. The first-order valence-corrected chi connectivity index (χ1v) is 6.90. The Hall–Kier alpha value is -0.0800. The Labute approximate surface area is 102 Å². The number of ether oxygens (including phenoxy) is 1. The molecule has 16 heavy (non-hydrogen) atoms. The lowest BCUT2D eigenvalue weighted by Crippen LogP contribution is -2.54. The van der Waals surface area contributed by atoms with Gasteiger partial charge in [0.15, 0.2) is 0 Å². The number of nitrogens with one attached hydrogen (secondary N) is 1. The van der Waals surface area contributed by atoms with Crippen molar-refractivity contribution in [1.29, 1.82) is 0 Å². The van der Waals surface area contributed by atoms with Gasteiger partial charge in [0.25, 0.3) is 0 Å². The molecule has 2 heteroatoms. The molecule has 2 unspecified atom stereocenters. The minimum Gasteiger partial charge on any atom is -0.377 e. The standard InChI is InChI=1S/C14H31NO/c1-7-11-12(5)13(15-10-4)14(8-2,9-3)16-6/h12-13,15H,7-11H2,1-6H3. The summed E-state index contributed by atoms with van der Waals surface area (Å²) in [6.07, 6.45) is 4.66. The second-order valence-electron chi connectivity index (χ2n) is 4.78. The van der Waals surface area contributed by atoms with Crippen LogP contribution in [0, 0.1) is 5.92 Å². The highest BCUT2D eigenvalue weighted by atomic mass is 16.5. The van der Waals surface area contributed by atoms with Gasteiger partial charge < -0.3 is 10.1 Å². The van der Waals surface area contributed by atoms with E-state index in [0.29, 0.717) is 12.0 Å². The predicted octanol–water partition coefficient (Wildman–Crippen LogP) is 3.61. The van der Waals surface area contributed by atoms with Crippen LogP contribution in [0.25, 0.3) is 0 Å². The molecule has 0 aliphatic carbocycles. The quantitative estimate of drug-likeness (QED) is 0.652. The fourth-order valence-electron chi connectivity index (χ4n) is 2.85. The van der Waals surface area contributed by atoms with E-state index in [1.165, 1.54) is 12.8 Å². The van der Waals surface area contributed by atoms with Crippen molar-refractivity contribution in [3.8, 4) is 0 Å². The van der Waals surface area contributed by atoms with Gasteiger partial charge in [0.05, 0.1) is 5.60 Å². The van der Waals surface area contributed by atoms with Crippen LogP contribution in [-0.2, 0) is 4.74 Å². The Morgan fingerprint density at radius 3 is 2.00 bits per heavy atom. The molecule has 0 heterocycles. The summed E-state index contributed by atoms with van der Waals surface area (Å²) in [4.78, 5) is 0. The van der Waals surface area contributed by atoms with Gasteiger partial charge in [-0.3, -0.25) is 0 Å².